The van der Waals surface area contributed by atoms with Gasteiger partial charge in [0.2, 0.25) is 5.82 Å². The van der Waals surface area contributed by atoms with Crippen LogP contribution in [0.1, 0.15) is 0 Å². The van der Waals surface area contributed by atoms with E-state index in [0.717, 1.165) is 0 Å². The van der Waals surface area contributed by atoms with Crippen LogP contribution in [0.15, 0.2) is 0 Å². The Morgan fingerprint density at radius 3 is 2.45 bits per heavy atom. The third-order valence-corrected chi connectivity index (χ3v) is 1.10. The summed E-state index contributed by atoms with van der Waals surface area (Å²) in [6.45, 7) is 0. The highest BCUT2D eigenvalue weighted by Crippen LogP contribution is 2.20. The molecule has 0 spiro atoms. The van der Waals surface area contributed by atoms with Crippen molar-refractivity contribution in [2.45, 2.75) is 0 Å². The highest BCUT2D eigenvalue weighted by Gasteiger charge is 2.14. The third kappa shape index (κ3) is 0.914. The largest absolute Gasteiger partial charge is 0.708 e. The number of rotatable bonds is 0. The van der Waals surface area contributed by atoms with Gasteiger partial charge in [0.25, 0.3) is 0 Å². The molecule has 11 heavy (non-hydrogen) atoms. The zero-order valence-electron chi connectivity index (χ0n) is 5.35. The molecule has 0 atom stereocenters. The van der Waals surface area contributed by atoms with E-state index in [-0.39, 0.29) is 10.5 Å². The third-order valence-electron chi connectivity index (χ3n) is 1.10. The number of nitrogens with zero attached hydrogens (tertiary/aromatic N) is 2. The summed E-state index contributed by atoms with van der Waals surface area (Å²) in [5, 5.41) is 28.1. The average molecular weight is 158 g/mol. The normalized spacial score (nSPS) is 9.82. The lowest BCUT2D eigenvalue weighted by molar-refractivity contribution is -0.598. The van der Waals surface area contributed by atoms with E-state index in [2.05, 4.69) is 4.98 Å². The second kappa shape index (κ2) is 2.04. The van der Waals surface area contributed by atoms with Crippen molar-refractivity contribution in [2.75, 3.05) is 11.5 Å². The highest BCUT2D eigenvalue weighted by molar-refractivity contribution is 5.50. The van der Waals surface area contributed by atoms with Gasteiger partial charge in [-0.1, -0.05) is 0 Å². The number of aromatic hydroxyl groups is 2. The molecule has 1 aromatic heterocycles. The lowest BCUT2D eigenvalue weighted by Crippen LogP contribution is -2.32. The van der Waals surface area contributed by atoms with Crippen LogP contribution in [-0.4, -0.2) is 15.2 Å². The Balaban J connectivity index is 3.46. The minimum absolute atomic E-state index is 0.113. The van der Waals surface area contributed by atoms with Crippen LogP contribution in [0.4, 0.5) is 11.6 Å². The fourth-order valence-corrected chi connectivity index (χ4v) is 0.530. The predicted octanol–water partition coefficient (Wildman–Crippen LogP) is -1.71. The van der Waals surface area contributed by atoms with Crippen LogP contribution in [0.5, 0.6) is 11.8 Å². The quantitative estimate of drug-likeness (QED) is 0.262. The summed E-state index contributed by atoms with van der Waals surface area (Å²) in [6.07, 6.45) is 0. The van der Waals surface area contributed by atoms with Gasteiger partial charge in [0.15, 0.2) is 0 Å². The summed E-state index contributed by atoms with van der Waals surface area (Å²) in [6, 6.07) is 0. The van der Waals surface area contributed by atoms with Crippen molar-refractivity contribution in [3.05, 3.63) is 5.21 Å². The number of hydrogen-bond acceptors (Lipinski definition) is 6. The summed E-state index contributed by atoms with van der Waals surface area (Å²) in [5.41, 5.74) is 10.1. The van der Waals surface area contributed by atoms with Gasteiger partial charge < -0.3 is 21.2 Å². The molecular weight excluding hydrogens is 152 g/mol. The molecule has 1 rings (SSSR count). The Labute approximate surface area is 61.1 Å². The molecule has 1 aromatic rings. The minimum Gasteiger partial charge on any atom is -0.708 e. The number of anilines is 2. The predicted molar refractivity (Wildman–Crippen MR) is 35.4 cm³/mol. The molecule has 0 aliphatic rings. The Bertz CT molecular complexity index is 274. The number of aromatic nitrogens is 2. The molecule has 0 saturated heterocycles. The molecule has 0 aliphatic carbocycles. The van der Waals surface area contributed by atoms with Crippen molar-refractivity contribution in [3.63, 3.8) is 0 Å². The molecular formula is C4H6N4O3. The Morgan fingerprint density at radius 2 is 1.91 bits per heavy atom. The van der Waals surface area contributed by atoms with Crippen LogP contribution in [0.3, 0.4) is 0 Å². The fourth-order valence-electron chi connectivity index (χ4n) is 0.530. The maximum absolute atomic E-state index is 10.7. The summed E-state index contributed by atoms with van der Waals surface area (Å²) in [7, 11) is 0. The van der Waals surface area contributed by atoms with Gasteiger partial charge in [-0.25, -0.2) is 0 Å². The zero-order chi connectivity index (χ0) is 8.59. The molecule has 0 unspecified atom stereocenters. The first-order valence-corrected chi connectivity index (χ1v) is 2.60. The molecule has 0 bridgehead atoms. The standard InChI is InChI=1S/C4H6N4O3/c5-1-2(6)8(11)4(10)3(9)7-1/h10H,6H2,(H3,5,7,9). The first-order valence-electron chi connectivity index (χ1n) is 2.60. The lowest BCUT2D eigenvalue weighted by atomic mass is 10.6. The van der Waals surface area contributed by atoms with E-state index in [9.17, 15) is 5.21 Å². The van der Waals surface area contributed by atoms with Gasteiger partial charge in [-0.2, -0.15) is 9.71 Å². The summed E-state index contributed by atoms with van der Waals surface area (Å²) < 4.78 is -0.113. The van der Waals surface area contributed by atoms with Crippen molar-refractivity contribution in [1.29, 1.82) is 0 Å². The average Bonchev–Trinajstić information content (AvgIpc) is 1.97. The van der Waals surface area contributed by atoms with E-state index in [4.69, 9.17) is 21.7 Å². The van der Waals surface area contributed by atoms with Crippen LogP contribution in [-0.2, 0) is 0 Å². The van der Waals surface area contributed by atoms with Gasteiger partial charge in [-0.05, 0) is 0 Å². The SMILES string of the molecule is Nc1nc(O)c(O)[n+]([O-])c1N. The zero-order valence-corrected chi connectivity index (χ0v) is 5.35. The monoisotopic (exact) mass is 158 g/mol. The number of nitrogen functional groups attached to an aromatic ring is 2. The van der Waals surface area contributed by atoms with Crippen LogP contribution >= 0.6 is 0 Å². The van der Waals surface area contributed by atoms with Gasteiger partial charge in [-0.3, -0.25) is 5.73 Å². The van der Waals surface area contributed by atoms with E-state index in [1.165, 1.54) is 0 Å². The van der Waals surface area contributed by atoms with Crippen LogP contribution in [0.2, 0.25) is 0 Å². The first-order chi connectivity index (χ1) is 5.04. The number of hydrogen-bond donors (Lipinski definition) is 4. The molecule has 7 heteroatoms. The maximum Gasteiger partial charge on any atom is 0.349 e. The van der Waals surface area contributed by atoms with Crippen LogP contribution in [0.25, 0.3) is 0 Å². The molecule has 60 valence electrons. The van der Waals surface area contributed by atoms with E-state index in [0.29, 0.717) is 0 Å². The second-order valence-corrected chi connectivity index (χ2v) is 1.82. The Hall–Kier alpha value is -1.92. The topological polar surface area (TPSA) is 132 Å². The molecule has 0 saturated carbocycles. The van der Waals surface area contributed by atoms with Gasteiger partial charge in [0, 0.05) is 0 Å². The van der Waals surface area contributed by atoms with E-state index in [1.807, 2.05) is 0 Å². The molecule has 0 radical (unpaired) electrons. The smallest absolute Gasteiger partial charge is 0.349 e. The molecule has 0 aliphatic heterocycles. The van der Waals surface area contributed by atoms with Crippen molar-refractivity contribution < 1.29 is 14.9 Å². The van der Waals surface area contributed by atoms with E-state index in [1.54, 1.807) is 0 Å². The minimum atomic E-state index is -0.961. The molecule has 6 N–H and O–H groups in total. The first kappa shape index (κ1) is 7.19. The van der Waals surface area contributed by atoms with Gasteiger partial charge in [-0.15, -0.1) is 0 Å². The van der Waals surface area contributed by atoms with E-state index < -0.39 is 17.6 Å². The van der Waals surface area contributed by atoms with Crippen molar-refractivity contribution >= 4 is 11.6 Å². The van der Waals surface area contributed by atoms with Crippen LogP contribution in [0, 0.1) is 5.21 Å². The van der Waals surface area contributed by atoms with Crippen LogP contribution < -0.4 is 16.2 Å². The summed E-state index contributed by atoms with van der Waals surface area (Å²) >= 11 is 0. The fraction of sp³-hybridized carbons (Fsp3) is 0. The molecule has 0 fully saturated rings. The van der Waals surface area contributed by atoms with Gasteiger partial charge in [0.05, 0.1) is 0 Å². The maximum atomic E-state index is 10.7. The lowest BCUT2D eigenvalue weighted by Gasteiger charge is -2.07. The Kier molecular flexibility index (Phi) is 1.34. The van der Waals surface area contributed by atoms with Crippen molar-refractivity contribution in [3.8, 4) is 11.8 Å². The summed E-state index contributed by atoms with van der Waals surface area (Å²) in [5.74, 6) is -2.57. The molecule has 1 heterocycles. The highest BCUT2D eigenvalue weighted by atomic mass is 16.5. The van der Waals surface area contributed by atoms with Gasteiger partial charge in [0.1, 0.15) is 0 Å². The van der Waals surface area contributed by atoms with Crippen molar-refractivity contribution in [1.82, 2.24) is 4.98 Å². The van der Waals surface area contributed by atoms with Gasteiger partial charge >= 0.3 is 17.6 Å². The number of nitrogens with two attached hydrogens (primary N) is 2. The van der Waals surface area contributed by atoms with Crippen molar-refractivity contribution in [2.24, 2.45) is 0 Å². The molecule has 0 amide bonds. The van der Waals surface area contributed by atoms with E-state index >= 15 is 0 Å². The summed E-state index contributed by atoms with van der Waals surface area (Å²) in [4.78, 5) is 3.17. The Morgan fingerprint density at radius 1 is 1.36 bits per heavy atom. The molecule has 0 aromatic carbocycles. The second-order valence-electron chi connectivity index (χ2n) is 1.82. The molecule has 7 nitrogen and oxygen atoms in total.